The van der Waals surface area contributed by atoms with Crippen LogP contribution in [-0.4, -0.2) is 17.1 Å². The molecule has 130 valence electrons. The first-order chi connectivity index (χ1) is 12.7. The Bertz CT molecular complexity index is 891. The highest BCUT2D eigenvalue weighted by Crippen LogP contribution is 2.14. The molecule has 0 aliphatic carbocycles. The maximum Gasteiger partial charge on any atom is 0.272 e. The Kier molecular flexibility index (Phi) is 5.72. The van der Waals surface area contributed by atoms with Crippen molar-refractivity contribution in [3.05, 3.63) is 95.3 Å². The summed E-state index contributed by atoms with van der Waals surface area (Å²) in [6, 6.07) is 19.1. The van der Waals surface area contributed by atoms with Crippen LogP contribution in [0.3, 0.4) is 0 Å². The van der Waals surface area contributed by atoms with Gasteiger partial charge in [-0.2, -0.15) is 5.10 Å². The summed E-state index contributed by atoms with van der Waals surface area (Å²) in [5.41, 5.74) is 6.10. The Morgan fingerprint density at radius 2 is 2.00 bits per heavy atom. The number of hydrogen-bond donors (Lipinski definition) is 1. The predicted octanol–water partition coefficient (Wildman–Crippen LogP) is 3.73. The molecule has 0 saturated heterocycles. The van der Waals surface area contributed by atoms with Gasteiger partial charge in [0.2, 0.25) is 0 Å². The average molecular weight is 345 g/mol. The highest BCUT2D eigenvalue weighted by Gasteiger charge is 2.02. The van der Waals surface area contributed by atoms with E-state index < -0.39 is 0 Å². The van der Waals surface area contributed by atoms with E-state index in [4.69, 9.17) is 4.74 Å². The third-order valence-electron chi connectivity index (χ3n) is 3.69. The highest BCUT2D eigenvalue weighted by atomic mass is 16.5. The molecule has 5 nitrogen and oxygen atoms in total. The Hall–Kier alpha value is -3.47. The maximum atomic E-state index is 11.9. The lowest BCUT2D eigenvalue weighted by atomic mass is 10.2. The standard InChI is InChI=1S/C21H19N3O2/c1-16-7-9-17(10-8-16)15-26-20-6-2-4-18(12-20)13-23-24-21(25)19-5-3-11-22-14-19/h2-14H,15H2,1H3,(H,24,25)/b23-13-. The van der Waals surface area contributed by atoms with Gasteiger partial charge in [0.15, 0.2) is 0 Å². The van der Waals surface area contributed by atoms with Gasteiger partial charge in [-0.05, 0) is 42.3 Å². The Balaban J connectivity index is 1.56. The molecule has 0 aliphatic rings. The van der Waals surface area contributed by atoms with Crippen LogP contribution in [0.15, 0.2) is 78.2 Å². The molecule has 0 aliphatic heterocycles. The third-order valence-corrected chi connectivity index (χ3v) is 3.69. The van der Waals surface area contributed by atoms with Crippen molar-refractivity contribution in [2.45, 2.75) is 13.5 Å². The molecule has 5 heteroatoms. The molecule has 0 radical (unpaired) electrons. The molecule has 0 unspecified atom stereocenters. The number of amides is 1. The number of nitrogens with zero attached hydrogens (tertiary/aromatic N) is 2. The van der Waals surface area contributed by atoms with E-state index in [-0.39, 0.29) is 5.91 Å². The molecule has 26 heavy (non-hydrogen) atoms. The van der Waals surface area contributed by atoms with Crippen molar-refractivity contribution >= 4 is 12.1 Å². The minimum atomic E-state index is -0.305. The maximum absolute atomic E-state index is 11.9. The molecule has 1 amide bonds. The second kappa shape index (κ2) is 8.58. The molecule has 1 N–H and O–H groups in total. The number of aromatic nitrogens is 1. The number of hydrogen-bond acceptors (Lipinski definition) is 4. The number of pyridine rings is 1. The molecule has 1 heterocycles. The van der Waals surface area contributed by atoms with Crippen LogP contribution in [0.2, 0.25) is 0 Å². The number of ether oxygens (including phenoxy) is 1. The molecule has 0 spiro atoms. The van der Waals surface area contributed by atoms with E-state index in [2.05, 4.69) is 46.7 Å². The smallest absolute Gasteiger partial charge is 0.272 e. The molecule has 0 bridgehead atoms. The van der Waals surface area contributed by atoms with Crippen LogP contribution >= 0.6 is 0 Å². The van der Waals surface area contributed by atoms with Crippen LogP contribution < -0.4 is 10.2 Å². The van der Waals surface area contributed by atoms with Gasteiger partial charge < -0.3 is 4.74 Å². The summed E-state index contributed by atoms with van der Waals surface area (Å²) in [6.07, 6.45) is 4.68. The second-order valence-electron chi connectivity index (χ2n) is 5.79. The Morgan fingerprint density at radius 3 is 2.77 bits per heavy atom. The van der Waals surface area contributed by atoms with E-state index in [0.717, 1.165) is 16.9 Å². The fourth-order valence-corrected chi connectivity index (χ4v) is 2.26. The Labute approximate surface area is 152 Å². The number of nitrogens with one attached hydrogen (secondary N) is 1. The molecule has 0 saturated carbocycles. The zero-order valence-electron chi connectivity index (χ0n) is 14.4. The number of benzene rings is 2. The lowest BCUT2D eigenvalue weighted by Crippen LogP contribution is -2.17. The first-order valence-electron chi connectivity index (χ1n) is 8.22. The van der Waals surface area contributed by atoms with E-state index in [1.165, 1.54) is 11.8 Å². The van der Waals surface area contributed by atoms with Crippen LogP contribution in [0.4, 0.5) is 0 Å². The lowest BCUT2D eigenvalue weighted by Gasteiger charge is -2.07. The largest absolute Gasteiger partial charge is 0.489 e. The molecular weight excluding hydrogens is 326 g/mol. The molecule has 3 aromatic rings. The van der Waals surface area contributed by atoms with Gasteiger partial charge in [-0.25, -0.2) is 5.43 Å². The van der Waals surface area contributed by atoms with Crippen molar-refractivity contribution in [1.82, 2.24) is 10.4 Å². The topological polar surface area (TPSA) is 63.6 Å². The van der Waals surface area contributed by atoms with E-state index in [9.17, 15) is 4.79 Å². The van der Waals surface area contributed by atoms with Gasteiger partial charge in [-0.15, -0.1) is 0 Å². The van der Waals surface area contributed by atoms with Crippen molar-refractivity contribution in [2.24, 2.45) is 5.10 Å². The van der Waals surface area contributed by atoms with E-state index in [0.29, 0.717) is 12.2 Å². The number of hydrazone groups is 1. The lowest BCUT2D eigenvalue weighted by molar-refractivity contribution is 0.0955. The fraction of sp³-hybridized carbons (Fsp3) is 0.0952. The van der Waals surface area contributed by atoms with Gasteiger partial charge in [0, 0.05) is 12.4 Å². The number of carbonyl (C=O) groups is 1. The average Bonchev–Trinajstić information content (AvgIpc) is 2.68. The number of rotatable bonds is 6. The summed E-state index contributed by atoms with van der Waals surface area (Å²) in [5.74, 6) is 0.439. The molecular formula is C21H19N3O2. The van der Waals surface area contributed by atoms with Gasteiger partial charge in [-0.1, -0.05) is 42.0 Å². The minimum absolute atomic E-state index is 0.305. The molecule has 3 rings (SSSR count). The monoisotopic (exact) mass is 345 g/mol. The summed E-state index contributed by atoms with van der Waals surface area (Å²) in [6.45, 7) is 2.55. The predicted molar refractivity (Wildman–Crippen MR) is 101 cm³/mol. The SMILES string of the molecule is Cc1ccc(COc2cccc(/C=N\NC(=O)c3cccnc3)c2)cc1. The summed E-state index contributed by atoms with van der Waals surface area (Å²) >= 11 is 0. The van der Waals surface area contributed by atoms with E-state index in [1.54, 1.807) is 24.5 Å². The van der Waals surface area contributed by atoms with Crippen molar-refractivity contribution < 1.29 is 9.53 Å². The van der Waals surface area contributed by atoms with Gasteiger partial charge in [0.1, 0.15) is 12.4 Å². The fourth-order valence-electron chi connectivity index (χ4n) is 2.26. The number of aryl methyl sites for hydroxylation is 1. The van der Waals surface area contributed by atoms with E-state index >= 15 is 0 Å². The molecule has 0 atom stereocenters. The van der Waals surface area contributed by atoms with Crippen molar-refractivity contribution in [3.8, 4) is 5.75 Å². The zero-order valence-corrected chi connectivity index (χ0v) is 14.4. The van der Waals surface area contributed by atoms with Gasteiger partial charge in [0.05, 0.1) is 11.8 Å². The zero-order chi connectivity index (χ0) is 18.2. The van der Waals surface area contributed by atoms with Gasteiger partial charge in [0.25, 0.3) is 5.91 Å². The van der Waals surface area contributed by atoms with Crippen molar-refractivity contribution in [1.29, 1.82) is 0 Å². The second-order valence-corrected chi connectivity index (χ2v) is 5.79. The summed E-state index contributed by atoms with van der Waals surface area (Å²) < 4.78 is 5.81. The van der Waals surface area contributed by atoms with Crippen LogP contribution in [0.25, 0.3) is 0 Å². The summed E-state index contributed by atoms with van der Waals surface area (Å²) in [4.78, 5) is 15.8. The van der Waals surface area contributed by atoms with Crippen molar-refractivity contribution in [2.75, 3.05) is 0 Å². The van der Waals surface area contributed by atoms with Crippen LogP contribution in [0.5, 0.6) is 5.75 Å². The first kappa shape index (κ1) is 17.4. The van der Waals surface area contributed by atoms with Crippen LogP contribution in [0, 0.1) is 6.92 Å². The van der Waals surface area contributed by atoms with Crippen molar-refractivity contribution in [3.63, 3.8) is 0 Å². The third kappa shape index (κ3) is 5.01. The molecule has 1 aromatic heterocycles. The molecule has 2 aromatic carbocycles. The normalized spacial score (nSPS) is 10.7. The highest BCUT2D eigenvalue weighted by molar-refractivity contribution is 5.94. The quantitative estimate of drug-likeness (QED) is 0.547. The van der Waals surface area contributed by atoms with Gasteiger partial charge >= 0.3 is 0 Å². The van der Waals surface area contributed by atoms with Crippen LogP contribution in [-0.2, 0) is 6.61 Å². The first-order valence-corrected chi connectivity index (χ1v) is 8.22. The summed E-state index contributed by atoms with van der Waals surface area (Å²) in [7, 11) is 0. The van der Waals surface area contributed by atoms with Crippen LogP contribution in [0.1, 0.15) is 27.0 Å². The Morgan fingerprint density at radius 1 is 1.15 bits per heavy atom. The van der Waals surface area contributed by atoms with Gasteiger partial charge in [-0.3, -0.25) is 9.78 Å². The summed E-state index contributed by atoms with van der Waals surface area (Å²) in [5, 5.41) is 3.98. The molecule has 0 fully saturated rings. The van der Waals surface area contributed by atoms with E-state index in [1.807, 2.05) is 24.3 Å². The number of carbonyl (C=O) groups excluding carboxylic acids is 1. The minimum Gasteiger partial charge on any atom is -0.489 e.